The zero-order valence-corrected chi connectivity index (χ0v) is 10.5. The van der Waals surface area contributed by atoms with E-state index in [0.29, 0.717) is 11.7 Å². The molecule has 0 saturated carbocycles. The van der Waals surface area contributed by atoms with Gasteiger partial charge in [0.25, 0.3) is 5.91 Å². The van der Waals surface area contributed by atoms with Gasteiger partial charge in [0.15, 0.2) is 0 Å². The molecule has 0 bridgehead atoms. The largest absolute Gasteiger partial charge is 0.337 e. The molecule has 1 saturated heterocycles. The lowest BCUT2D eigenvalue weighted by Gasteiger charge is -2.31. The average molecular weight is 239 g/mol. The van der Waals surface area contributed by atoms with Gasteiger partial charge in [-0.3, -0.25) is 4.79 Å². The Hall–Kier alpha value is -0.940. The van der Waals surface area contributed by atoms with E-state index in [1.807, 2.05) is 24.3 Å². The van der Waals surface area contributed by atoms with Crippen molar-refractivity contribution >= 4 is 17.2 Å². The van der Waals surface area contributed by atoms with Crippen molar-refractivity contribution in [3.8, 4) is 0 Å². The van der Waals surface area contributed by atoms with Crippen LogP contribution < -0.4 is 5.32 Å². The second kappa shape index (κ2) is 4.93. The number of rotatable bonds is 2. The van der Waals surface area contributed by atoms with Gasteiger partial charge in [-0.2, -0.15) is 0 Å². The maximum Gasteiger partial charge on any atom is 0.273 e. The summed E-state index contributed by atoms with van der Waals surface area (Å²) in [6.07, 6.45) is 2.07. The lowest BCUT2D eigenvalue weighted by Crippen LogP contribution is -2.44. The van der Waals surface area contributed by atoms with Gasteiger partial charge in [-0.15, -0.1) is 11.3 Å². The van der Waals surface area contributed by atoms with Crippen LogP contribution in [-0.4, -0.2) is 42.0 Å². The molecule has 1 aliphatic heterocycles. The molecule has 0 aliphatic carbocycles. The van der Waals surface area contributed by atoms with Crippen LogP contribution in [0.25, 0.3) is 0 Å². The summed E-state index contributed by atoms with van der Waals surface area (Å²) < 4.78 is 0. The molecular weight excluding hydrogens is 222 g/mol. The van der Waals surface area contributed by atoms with E-state index < -0.39 is 0 Å². The van der Waals surface area contributed by atoms with Crippen molar-refractivity contribution in [1.82, 2.24) is 15.2 Å². The van der Waals surface area contributed by atoms with Crippen molar-refractivity contribution in [3.63, 3.8) is 0 Å². The van der Waals surface area contributed by atoms with Crippen molar-refractivity contribution in [1.29, 1.82) is 0 Å². The molecule has 1 aromatic heterocycles. The first kappa shape index (κ1) is 11.5. The fourth-order valence-corrected chi connectivity index (χ4v) is 2.59. The lowest BCUT2D eigenvalue weighted by atomic mass is 10.1. The molecule has 1 N–H and O–H groups in total. The summed E-state index contributed by atoms with van der Waals surface area (Å²) in [5.41, 5.74) is 0.587. The number of nitrogens with zero attached hydrogens (tertiary/aromatic N) is 2. The number of thiazole rings is 1. The molecule has 2 rings (SSSR count). The average Bonchev–Trinajstić information content (AvgIpc) is 2.75. The minimum Gasteiger partial charge on any atom is -0.337 e. The molecule has 0 radical (unpaired) electrons. The highest BCUT2D eigenvalue weighted by Crippen LogP contribution is 2.15. The minimum atomic E-state index is 0.0521. The van der Waals surface area contributed by atoms with Crippen molar-refractivity contribution in [2.75, 3.05) is 20.1 Å². The summed E-state index contributed by atoms with van der Waals surface area (Å²) in [6, 6.07) is 0.357. The van der Waals surface area contributed by atoms with E-state index in [1.165, 1.54) is 11.3 Å². The second-order valence-corrected chi connectivity index (χ2v) is 5.21. The number of carbonyl (C=O) groups excluding carboxylic acids is 1. The molecule has 16 heavy (non-hydrogen) atoms. The molecule has 1 fully saturated rings. The van der Waals surface area contributed by atoms with Crippen LogP contribution in [0.3, 0.4) is 0 Å². The summed E-state index contributed by atoms with van der Waals surface area (Å²) in [7, 11) is 1.88. The summed E-state index contributed by atoms with van der Waals surface area (Å²) in [6.45, 7) is 3.92. The van der Waals surface area contributed by atoms with Crippen LogP contribution in [0.5, 0.6) is 0 Å². The Morgan fingerprint density at radius 2 is 2.25 bits per heavy atom. The molecule has 0 atom stereocenters. The Labute approximate surface area is 99.7 Å². The van der Waals surface area contributed by atoms with Gasteiger partial charge in [-0.1, -0.05) is 0 Å². The van der Waals surface area contributed by atoms with Crippen LogP contribution in [0.2, 0.25) is 0 Å². The van der Waals surface area contributed by atoms with E-state index in [-0.39, 0.29) is 5.91 Å². The Kier molecular flexibility index (Phi) is 3.56. The fraction of sp³-hybridized carbons (Fsp3) is 0.636. The van der Waals surface area contributed by atoms with E-state index >= 15 is 0 Å². The van der Waals surface area contributed by atoms with Crippen molar-refractivity contribution in [2.24, 2.45) is 0 Å². The Morgan fingerprint density at radius 3 is 2.81 bits per heavy atom. The van der Waals surface area contributed by atoms with Crippen molar-refractivity contribution < 1.29 is 4.79 Å². The molecule has 1 aliphatic rings. The van der Waals surface area contributed by atoms with Crippen LogP contribution in [-0.2, 0) is 0 Å². The fourth-order valence-electron chi connectivity index (χ4n) is 2.00. The number of hydrogen-bond acceptors (Lipinski definition) is 4. The van der Waals surface area contributed by atoms with Gasteiger partial charge in [-0.25, -0.2) is 4.98 Å². The van der Waals surface area contributed by atoms with Crippen LogP contribution in [0.15, 0.2) is 5.38 Å². The van der Waals surface area contributed by atoms with Gasteiger partial charge in [0.2, 0.25) is 0 Å². The Balaban J connectivity index is 2.03. The number of nitrogens with one attached hydrogen (secondary N) is 1. The molecular formula is C11H17N3OS. The third-order valence-electron chi connectivity index (χ3n) is 3.01. The standard InChI is InChI=1S/C11H17N3OS/c1-8-13-10(7-16-8)11(15)14(2)9-3-5-12-6-4-9/h7,9,12H,3-6H2,1-2H3. The molecule has 0 unspecified atom stereocenters. The van der Waals surface area contributed by atoms with Gasteiger partial charge in [0.1, 0.15) is 5.69 Å². The van der Waals surface area contributed by atoms with E-state index in [9.17, 15) is 4.79 Å². The summed E-state index contributed by atoms with van der Waals surface area (Å²) in [5.74, 6) is 0.0521. The van der Waals surface area contributed by atoms with Gasteiger partial charge < -0.3 is 10.2 Å². The Morgan fingerprint density at radius 1 is 1.56 bits per heavy atom. The Bertz CT molecular complexity index is 371. The molecule has 5 heteroatoms. The predicted molar refractivity (Wildman–Crippen MR) is 64.8 cm³/mol. The first-order valence-corrected chi connectivity index (χ1v) is 6.46. The van der Waals surface area contributed by atoms with E-state index in [1.54, 1.807) is 0 Å². The monoisotopic (exact) mass is 239 g/mol. The third kappa shape index (κ3) is 2.41. The van der Waals surface area contributed by atoms with Crippen LogP contribution in [0, 0.1) is 6.92 Å². The molecule has 2 heterocycles. The summed E-state index contributed by atoms with van der Waals surface area (Å²) >= 11 is 1.53. The number of hydrogen-bond donors (Lipinski definition) is 1. The van der Waals surface area contributed by atoms with Crippen molar-refractivity contribution in [3.05, 3.63) is 16.1 Å². The zero-order valence-electron chi connectivity index (χ0n) is 9.69. The maximum absolute atomic E-state index is 12.1. The SMILES string of the molecule is Cc1nc(C(=O)N(C)C2CCNCC2)cs1. The maximum atomic E-state index is 12.1. The normalized spacial score (nSPS) is 17.4. The number of piperidine rings is 1. The van der Waals surface area contributed by atoms with Gasteiger partial charge >= 0.3 is 0 Å². The van der Waals surface area contributed by atoms with Crippen LogP contribution >= 0.6 is 11.3 Å². The molecule has 88 valence electrons. The predicted octanol–water partition coefficient (Wildman–Crippen LogP) is 1.28. The number of amides is 1. The van der Waals surface area contributed by atoms with E-state index in [4.69, 9.17) is 0 Å². The van der Waals surface area contributed by atoms with Crippen LogP contribution in [0.4, 0.5) is 0 Å². The molecule has 0 aromatic carbocycles. The first-order chi connectivity index (χ1) is 7.68. The highest BCUT2D eigenvalue weighted by atomic mass is 32.1. The lowest BCUT2D eigenvalue weighted by molar-refractivity contribution is 0.0698. The number of aromatic nitrogens is 1. The van der Waals surface area contributed by atoms with Crippen molar-refractivity contribution in [2.45, 2.75) is 25.8 Å². The molecule has 0 spiro atoms. The summed E-state index contributed by atoms with van der Waals surface area (Å²) in [5, 5.41) is 6.09. The third-order valence-corrected chi connectivity index (χ3v) is 3.79. The van der Waals surface area contributed by atoms with E-state index in [2.05, 4.69) is 10.3 Å². The van der Waals surface area contributed by atoms with Gasteiger partial charge in [0, 0.05) is 18.5 Å². The van der Waals surface area contributed by atoms with Gasteiger partial charge in [0.05, 0.1) is 5.01 Å². The molecule has 1 amide bonds. The summed E-state index contributed by atoms with van der Waals surface area (Å²) in [4.78, 5) is 18.2. The molecule has 4 nitrogen and oxygen atoms in total. The second-order valence-electron chi connectivity index (χ2n) is 4.15. The molecule has 1 aromatic rings. The quantitative estimate of drug-likeness (QED) is 0.845. The highest BCUT2D eigenvalue weighted by molar-refractivity contribution is 7.09. The van der Waals surface area contributed by atoms with Gasteiger partial charge in [-0.05, 0) is 32.9 Å². The minimum absolute atomic E-state index is 0.0521. The first-order valence-electron chi connectivity index (χ1n) is 5.58. The number of carbonyl (C=O) groups is 1. The highest BCUT2D eigenvalue weighted by Gasteiger charge is 2.23. The smallest absolute Gasteiger partial charge is 0.273 e. The zero-order chi connectivity index (χ0) is 11.5. The van der Waals surface area contributed by atoms with E-state index in [0.717, 1.165) is 30.9 Å². The van der Waals surface area contributed by atoms with Crippen LogP contribution in [0.1, 0.15) is 28.3 Å². The topological polar surface area (TPSA) is 45.2 Å². The number of aryl methyl sites for hydroxylation is 1.